The van der Waals surface area contributed by atoms with E-state index in [4.69, 9.17) is 16.0 Å². The molecular formula is C30H43ClN4O2. The number of carbonyl (C=O) groups is 1. The topological polar surface area (TPSA) is 52.0 Å². The predicted octanol–water partition coefficient (Wildman–Crippen LogP) is 4.99. The minimum Gasteiger partial charge on any atom is -0.468 e. The molecule has 3 aliphatic rings. The van der Waals surface area contributed by atoms with Crippen molar-refractivity contribution in [3.63, 3.8) is 0 Å². The van der Waals surface area contributed by atoms with Gasteiger partial charge >= 0.3 is 0 Å². The maximum atomic E-state index is 13.9. The molecule has 0 unspecified atom stereocenters. The summed E-state index contributed by atoms with van der Waals surface area (Å²) in [7, 11) is 0. The van der Waals surface area contributed by atoms with Crippen LogP contribution in [0.4, 0.5) is 0 Å². The first-order chi connectivity index (χ1) is 17.9. The highest BCUT2D eigenvalue weighted by atomic mass is 35.5. The fourth-order valence-corrected chi connectivity index (χ4v) is 6.96. The maximum absolute atomic E-state index is 13.9. The third kappa shape index (κ3) is 6.08. The van der Waals surface area contributed by atoms with Gasteiger partial charge in [0.25, 0.3) is 0 Å². The number of rotatable bonds is 8. The van der Waals surface area contributed by atoms with E-state index in [1.807, 2.05) is 24.3 Å². The van der Waals surface area contributed by atoms with Gasteiger partial charge in [0, 0.05) is 68.3 Å². The highest BCUT2D eigenvalue weighted by Crippen LogP contribution is 2.37. The van der Waals surface area contributed by atoms with Gasteiger partial charge < -0.3 is 14.6 Å². The van der Waals surface area contributed by atoms with Crippen LogP contribution in [-0.2, 0) is 11.3 Å². The first-order valence-electron chi connectivity index (χ1n) is 14.2. The fourth-order valence-electron chi connectivity index (χ4n) is 6.84. The van der Waals surface area contributed by atoms with Crippen molar-refractivity contribution in [2.45, 2.75) is 70.0 Å². The lowest BCUT2D eigenvalue weighted by Crippen LogP contribution is -2.62. The Morgan fingerprint density at radius 1 is 1.05 bits per heavy atom. The Bertz CT molecular complexity index is 995. The Morgan fingerprint density at radius 3 is 2.43 bits per heavy atom. The van der Waals surface area contributed by atoms with Gasteiger partial charge in [-0.2, -0.15) is 0 Å². The number of nitrogens with zero attached hydrogens (tertiary/aromatic N) is 3. The largest absolute Gasteiger partial charge is 0.468 e. The highest BCUT2D eigenvalue weighted by molar-refractivity contribution is 6.30. The third-order valence-electron chi connectivity index (χ3n) is 9.07. The Labute approximate surface area is 227 Å². The number of hydrogen-bond acceptors (Lipinski definition) is 5. The molecule has 2 atom stereocenters. The second-order valence-electron chi connectivity index (χ2n) is 11.6. The fraction of sp³-hybridized carbons (Fsp3) is 0.633. The Morgan fingerprint density at radius 2 is 1.78 bits per heavy atom. The summed E-state index contributed by atoms with van der Waals surface area (Å²) in [5.74, 6) is 1.55. The third-order valence-corrected chi connectivity index (χ3v) is 9.33. The number of hydrogen-bond donors (Lipinski definition) is 1. The van der Waals surface area contributed by atoms with Gasteiger partial charge in [0.2, 0.25) is 5.91 Å². The summed E-state index contributed by atoms with van der Waals surface area (Å²) < 4.78 is 5.53. The zero-order chi connectivity index (χ0) is 25.8. The lowest BCUT2D eigenvalue weighted by molar-refractivity contribution is -0.138. The minimum absolute atomic E-state index is 0.00808. The number of piperazine rings is 1. The molecule has 2 saturated heterocycles. The highest BCUT2D eigenvalue weighted by Gasteiger charge is 2.44. The normalized spacial score (nSPS) is 25.1. The van der Waals surface area contributed by atoms with Crippen molar-refractivity contribution in [2.24, 2.45) is 5.92 Å². The first-order valence-corrected chi connectivity index (χ1v) is 14.6. The standard InChI is InChI=1S/C30H43ClN4O2/c1-23(2)34-20-27(24-8-10-25(31)11-9-24)28(21-34)29(36)33-14-16-35(17-15-33)30(12-4-3-5-13-30)22-32-19-26-7-6-18-37-26/h6-11,18,23,27-28,32H,3-5,12-17,19-22H2,1-2H3/t27-,28+/m1/s1. The molecule has 1 aromatic carbocycles. The van der Waals surface area contributed by atoms with Crippen molar-refractivity contribution in [3.05, 3.63) is 59.0 Å². The molecule has 37 heavy (non-hydrogen) atoms. The average molecular weight is 527 g/mol. The number of furan rings is 1. The number of amides is 1. The monoisotopic (exact) mass is 526 g/mol. The van der Waals surface area contributed by atoms with Gasteiger partial charge in [-0.1, -0.05) is 43.0 Å². The molecule has 7 heteroatoms. The molecule has 3 fully saturated rings. The molecular weight excluding hydrogens is 484 g/mol. The van der Waals surface area contributed by atoms with Crippen molar-refractivity contribution < 1.29 is 9.21 Å². The van der Waals surface area contributed by atoms with Crippen LogP contribution >= 0.6 is 11.6 Å². The quantitative estimate of drug-likeness (QED) is 0.525. The van der Waals surface area contributed by atoms with Crippen LogP contribution in [0.3, 0.4) is 0 Å². The van der Waals surface area contributed by atoms with Crippen LogP contribution in [0.25, 0.3) is 0 Å². The second kappa shape index (κ2) is 11.9. The molecule has 2 aliphatic heterocycles. The van der Waals surface area contributed by atoms with Crippen molar-refractivity contribution >= 4 is 17.5 Å². The molecule has 1 N–H and O–H groups in total. The molecule has 1 aliphatic carbocycles. The molecule has 3 heterocycles. The summed E-state index contributed by atoms with van der Waals surface area (Å²) in [6.45, 7) is 11.5. The van der Waals surface area contributed by atoms with E-state index in [0.29, 0.717) is 11.9 Å². The average Bonchev–Trinajstić information content (AvgIpc) is 3.60. The lowest BCUT2D eigenvalue weighted by atomic mass is 9.79. The molecule has 2 aromatic rings. The molecule has 1 saturated carbocycles. The van der Waals surface area contributed by atoms with Crippen LogP contribution in [0, 0.1) is 5.92 Å². The van der Waals surface area contributed by atoms with E-state index < -0.39 is 0 Å². The minimum atomic E-state index is 0.00808. The smallest absolute Gasteiger partial charge is 0.227 e. The van der Waals surface area contributed by atoms with Gasteiger partial charge in [-0.3, -0.25) is 14.6 Å². The molecule has 1 amide bonds. The molecule has 0 radical (unpaired) electrons. The van der Waals surface area contributed by atoms with Crippen LogP contribution in [0.1, 0.15) is 63.2 Å². The van der Waals surface area contributed by atoms with Crippen LogP contribution in [0.15, 0.2) is 47.1 Å². The molecule has 202 valence electrons. The zero-order valence-electron chi connectivity index (χ0n) is 22.5. The number of halogens is 1. The Balaban J connectivity index is 1.23. The summed E-state index contributed by atoms with van der Waals surface area (Å²) in [5.41, 5.74) is 1.42. The van der Waals surface area contributed by atoms with E-state index in [2.05, 4.69) is 46.0 Å². The summed E-state index contributed by atoms with van der Waals surface area (Å²) in [4.78, 5) is 21.2. The maximum Gasteiger partial charge on any atom is 0.227 e. The number of benzene rings is 1. The van der Waals surface area contributed by atoms with Crippen LogP contribution in [-0.4, -0.2) is 78.0 Å². The van der Waals surface area contributed by atoms with Crippen molar-refractivity contribution in [1.29, 1.82) is 0 Å². The van der Waals surface area contributed by atoms with Gasteiger partial charge in [0.1, 0.15) is 5.76 Å². The van der Waals surface area contributed by atoms with Crippen molar-refractivity contribution in [2.75, 3.05) is 45.8 Å². The van der Waals surface area contributed by atoms with Gasteiger partial charge in [-0.25, -0.2) is 0 Å². The number of carbonyl (C=O) groups excluding carboxylic acids is 1. The first kappa shape index (κ1) is 26.7. The molecule has 0 bridgehead atoms. The SMILES string of the molecule is CC(C)N1C[C@H](C(=O)N2CCN(C3(CNCc4ccco4)CCCCC3)CC2)[C@@H](c2ccc(Cl)cc2)C1. The van der Waals surface area contributed by atoms with Crippen LogP contribution in [0.5, 0.6) is 0 Å². The number of nitrogens with one attached hydrogen (secondary N) is 1. The van der Waals surface area contributed by atoms with Gasteiger partial charge in [-0.15, -0.1) is 0 Å². The van der Waals surface area contributed by atoms with E-state index in [9.17, 15) is 4.79 Å². The lowest BCUT2D eigenvalue weighted by Gasteiger charge is -2.50. The summed E-state index contributed by atoms with van der Waals surface area (Å²) >= 11 is 6.17. The summed E-state index contributed by atoms with van der Waals surface area (Å²) in [6, 6.07) is 12.5. The second-order valence-corrected chi connectivity index (χ2v) is 12.0. The summed E-state index contributed by atoms with van der Waals surface area (Å²) in [5, 5.41) is 4.43. The van der Waals surface area contributed by atoms with Crippen molar-refractivity contribution in [1.82, 2.24) is 20.0 Å². The summed E-state index contributed by atoms with van der Waals surface area (Å²) in [6.07, 6.45) is 8.12. The predicted molar refractivity (Wildman–Crippen MR) is 149 cm³/mol. The number of likely N-dealkylation sites (tertiary alicyclic amines) is 1. The molecule has 5 rings (SSSR count). The van der Waals surface area contributed by atoms with Gasteiger partial charge in [0.15, 0.2) is 0 Å². The van der Waals surface area contributed by atoms with Crippen LogP contribution < -0.4 is 5.32 Å². The van der Waals surface area contributed by atoms with Crippen LogP contribution in [0.2, 0.25) is 5.02 Å². The Kier molecular flexibility index (Phi) is 8.60. The van der Waals surface area contributed by atoms with E-state index >= 15 is 0 Å². The van der Waals surface area contributed by atoms with E-state index in [1.165, 1.54) is 37.7 Å². The van der Waals surface area contributed by atoms with E-state index in [0.717, 1.165) is 63.1 Å². The molecule has 6 nitrogen and oxygen atoms in total. The Hall–Kier alpha value is -1.86. The zero-order valence-corrected chi connectivity index (χ0v) is 23.3. The van der Waals surface area contributed by atoms with Gasteiger partial charge in [0.05, 0.1) is 18.7 Å². The van der Waals surface area contributed by atoms with E-state index in [1.54, 1.807) is 6.26 Å². The molecule has 0 spiro atoms. The van der Waals surface area contributed by atoms with E-state index in [-0.39, 0.29) is 17.4 Å². The van der Waals surface area contributed by atoms with Crippen molar-refractivity contribution in [3.8, 4) is 0 Å². The molecule has 1 aromatic heterocycles. The van der Waals surface area contributed by atoms with Gasteiger partial charge in [-0.05, 0) is 56.5 Å².